The van der Waals surface area contributed by atoms with Crippen molar-refractivity contribution in [3.8, 4) is 0 Å². The Morgan fingerprint density at radius 2 is 1.63 bits per heavy atom. The number of hydrogen-bond donors (Lipinski definition) is 0. The molecule has 1 nitrogen and oxygen atoms in total. The standard InChI is InChI=1S/C25H33NS/c1-3-9-18(10-4-1)25(19-11-5-2-6-12-19)20-15-16-22-24(17-20)27-23-14-8-7-13-21(23)26-22/h1,3-4,9-10,19,21,23-24H,2,5-8,11-17H2. The zero-order chi connectivity index (χ0) is 18.1. The summed E-state index contributed by atoms with van der Waals surface area (Å²) in [5.74, 6) is 0.797. The summed E-state index contributed by atoms with van der Waals surface area (Å²) in [4.78, 5) is 5.28. The fourth-order valence-corrected chi connectivity index (χ4v) is 7.68. The smallest absolute Gasteiger partial charge is 0.0618 e. The molecule has 0 N–H and O–H groups in total. The van der Waals surface area contributed by atoms with Gasteiger partial charge in [-0.25, -0.2) is 0 Å². The summed E-state index contributed by atoms with van der Waals surface area (Å²) in [5.41, 5.74) is 6.58. The fourth-order valence-electron chi connectivity index (χ4n) is 5.95. The van der Waals surface area contributed by atoms with Gasteiger partial charge in [-0.3, -0.25) is 4.99 Å². The lowest BCUT2D eigenvalue weighted by atomic mass is 9.75. The molecule has 5 rings (SSSR count). The molecule has 0 bridgehead atoms. The van der Waals surface area contributed by atoms with Crippen LogP contribution in [0.1, 0.15) is 82.6 Å². The summed E-state index contributed by atoms with van der Waals surface area (Å²) >= 11 is 2.30. The van der Waals surface area contributed by atoms with Crippen molar-refractivity contribution in [1.82, 2.24) is 0 Å². The van der Waals surface area contributed by atoms with Gasteiger partial charge in [0.2, 0.25) is 0 Å². The summed E-state index contributed by atoms with van der Waals surface area (Å²) < 4.78 is 0. The topological polar surface area (TPSA) is 12.4 Å². The van der Waals surface area contributed by atoms with Crippen molar-refractivity contribution in [3.63, 3.8) is 0 Å². The fraction of sp³-hybridized carbons (Fsp3) is 0.640. The number of hydrogen-bond acceptors (Lipinski definition) is 2. The van der Waals surface area contributed by atoms with Gasteiger partial charge in [-0.05, 0) is 62.0 Å². The highest BCUT2D eigenvalue weighted by Crippen LogP contribution is 2.46. The maximum Gasteiger partial charge on any atom is 0.0618 e. The van der Waals surface area contributed by atoms with Gasteiger partial charge >= 0.3 is 0 Å². The monoisotopic (exact) mass is 379 g/mol. The van der Waals surface area contributed by atoms with Crippen molar-refractivity contribution in [3.05, 3.63) is 41.5 Å². The Labute approximate surface area is 169 Å². The van der Waals surface area contributed by atoms with Crippen LogP contribution in [0.3, 0.4) is 0 Å². The van der Waals surface area contributed by atoms with Crippen molar-refractivity contribution in [2.24, 2.45) is 10.9 Å². The first kappa shape index (κ1) is 18.0. The average Bonchev–Trinajstić information content (AvgIpc) is 2.74. The predicted molar refractivity (Wildman–Crippen MR) is 119 cm³/mol. The van der Waals surface area contributed by atoms with Crippen LogP contribution in [0.4, 0.5) is 0 Å². The van der Waals surface area contributed by atoms with Gasteiger partial charge in [-0.2, -0.15) is 0 Å². The third-order valence-corrected chi connectivity index (χ3v) is 8.97. The Hall–Kier alpha value is -1.02. The van der Waals surface area contributed by atoms with Gasteiger partial charge in [-0.15, -0.1) is 11.8 Å². The highest BCUT2D eigenvalue weighted by atomic mass is 32.2. The first-order chi connectivity index (χ1) is 13.4. The van der Waals surface area contributed by atoms with Gasteiger partial charge in [0, 0.05) is 16.2 Å². The van der Waals surface area contributed by atoms with Crippen molar-refractivity contribution in [2.75, 3.05) is 0 Å². The lowest BCUT2D eigenvalue weighted by Crippen LogP contribution is -2.38. The maximum atomic E-state index is 5.28. The third-order valence-electron chi connectivity index (χ3n) is 7.30. The maximum absolute atomic E-state index is 5.28. The van der Waals surface area contributed by atoms with Crippen LogP contribution in [0.25, 0.3) is 5.57 Å². The molecule has 3 unspecified atom stereocenters. The largest absolute Gasteiger partial charge is 0.288 e. The second kappa shape index (κ2) is 8.15. The molecule has 1 aromatic rings. The third kappa shape index (κ3) is 3.79. The van der Waals surface area contributed by atoms with E-state index in [2.05, 4.69) is 42.1 Å². The second-order valence-electron chi connectivity index (χ2n) is 9.06. The Kier molecular flexibility index (Phi) is 5.45. The van der Waals surface area contributed by atoms with Gasteiger partial charge < -0.3 is 0 Å². The molecule has 2 heteroatoms. The molecule has 0 amide bonds. The number of rotatable bonds is 2. The Morgan fingerprint density at radius 3 is 2.48 bits per heavy atom. The number of fused-ring (bicyclic) bond motifs is 2. The van der Waals surface area contributed by atoms with Crippen molar-refractivity contribution in [1.29, 1.82) is 0 Å². The molecule has 1 heterocycles. The highest BCUT2D eigenvalue weighted by molar-refractivity contribution is 8.01. The van der Waals surface area contributed by atoms with E-state index in [0.717, 1.165) is 11.2 Å². The zero-order valence-corrected chi connectivity index (χ0v) is 17.4. The van der Waals surface area contributed by atoms with E-state index < -0.39 is 0 Å². The van der Waals surface area contributed by atoms with Crippen LogP contribution in [-0.4, -0.2) is 22.3 Å². The molecule has 4 aliphatic rings. The first-order valence-corrected chi connectivity index (χ1v) is 12.3. The average molecular weight is 380 g/mol. The van der Waals surface area contributed by atoms with Crippen LogP contribution >= 0.6 is 11.8 Å². The summed E-state index contributed by atoms with van der Waals surface area (Å²) in [6, 6.07) is 12.0. The quantitative estimate of drug-likeness (QED) is 0.535. The van der Waals surface area contributed by atoms with Gasteiger partial charge in [0.15, 0.2) is 0 Å². The molecular weight excluding hydrogens is 346 g/mol. The molecule has 1 aliphatic heterocycles. The summed E-state index contributed by atoms with van der Waals surface area (Å²) in [7, 11) is 0. The number of nitrogens with zero attached hydrogens (tertiary/aromatic N) is 1. The minimum Gasteiger partial charge on any atom is -0.288 e. The molecule has 0 spiro atoms. The number of allylic oxidation sites excluding steroid dienone is 2. The normalized spacial score (nSPS) is 33.6. The lowest BCUT2D eigenvalue weighted by molar-refractivity contribution is 0.426. The van der Waals surface area contributed by atoms with Gasteiger partial charge in [0.1, 0.15) is 0 Å². The minimum absolute atomic E-state index is 0.646. The highest BCUT2D eigenvalue weighted by Gasteiger charge is 2.37. The Bertz CT molecular complexity index is 713. The molecule has 3 atom stereocenters. The lowest BCUT2D eigenvalue weighted by Gasteiger charge is -2.40. The van der Waals surface area contributed by atoms with Crippen molar-refractivity contribution >= 4 is 23.0 Å². The van der Waals surface area contributed by atoms with Crippen molar-refractivity contribution in [2.45, 2.75) is 93.6 Å². The molecule has 27 heavy (non-hydrogen) atoms. The van der Waals surface area contributed by atoms with E-state index in [-0.39, 0.29) is 0 Å². The van der Waals surface area contributed by atoms with Crippen LogP contribution in [0.15, 0.2) is 40.9 Å². The summed E-state index contributed by atoms with van der Waals surface area (Å²) in [6.45, 7) is 0. The molecule has 3 saturated carbocycles. The van der Waals surface area contributed by atoms with E-state index in [1.54, 1.807) is 16.9 Å². The number of benzene rings is 1. The van der Waals surface area contributed by atoms with E-state index in [1.165, 1.54) is 82.6 Å². The predicted octanol–water partition coefficient (Wildman–Crippen LogP) is 7.07. The van der Waals surface area contributed by atoms with Crippen LogP contribution in [0.5, 0.6) is 0 Å². The first-order valence-electron chi connectivity index (χ1n) is 11.4. The number of aliphatic imine (C=N–C) groups is 1. The Balaban J connectivity index is 1.46. The summed E-state index contributed by atoms with van der Waals surface area (Å²) in [5, 5.41) is 1.48. The summed E-state index contributed by atoms with van der Waals surface area (Å²) in [6.07, 6.45) is 16.4. The zero-order valence-electron chi connectivity index (χ0n) is 16.5. The molecule has 0 aromatic heterocycles. The van der Waals surface area contributed by atoms with Gasteiger partial charge in [-0.1, -0.05) is 68.0 Å². The molecule has 0 saturated heterocycles. The van der Waals surface area contributed by atoms with E-state index in [1.807, 2.05) is 0 Å². The SMILES string of the molecule is c1ccc(C(=C2CCC3=NC4CCCCC4SC3C2)C2CCCCC2)cc1. The van der Waals surface area contributed by atoms with Crippen LogP contribution < -0.4 is 0 Å². The Morgan fingerprint density at radius 1 is 0.852 bits per heavy atom. The van der Waals surface area contributed by atoms with E-state index in [4.69, 9.17) is 4.99 Å². The molecular formula is C25H33NS. The molecule has 144 valence electrons. The molecule has 3 fully saturated rings. The van der Waals surface area contributed by atoms with E-state index >= 15 is 0 Å². The van der Waals surface area contributed by atoms with E-state index in [0.29, 0.717) is 11.3 Å². The minimum atomic E-state index is 0.646. The van der Waals surface area contributed by atoms with Crippen LogP contribution in [0.2, 0.25) is 0 Å². The molecule has 1 aromatic carbocycles. The van der Waals surface area contributed by atoms with Crippen molar-refractivity contribution < 1.29 is 0 Å². The van der Waals surface area contributed by atoms with Gasteiger partial charge in [0.05, 0.1) is 6.04 Å². The number of thioether (sulfide) groups is 1. The van der Waals surface area contributed by atoms with Crippen LogP contribution in [-0.2, 0) is 0 Å². The van der Waals surface area contributed by atoms with E-state index in [9.17, 15) is 0 Å². The van der Waals surface area contributed by atoms with Crippen LogP contribution in [0, 0.1) is 5.92 Å². The second-order valence-corrected chi connectivity index (χ2v) is 10.5. The molecule has 3 aliphatic carbocycles. The molecule has 0 radical (unpaired) electrons. The van der Waals surface area contributed by atoms with Gasteiger partial charge in [0.25, 0.3) is 0 Å².